The van der Waals surface area contributed by atoms with Gasteiger partial charge in [0.05, 0.1) is 11.6 Å². The number of nitrogens with one attached hydrogen (secondary N) is 1. The number of aromatic amines is 1. The zero-order valence-electron chi connectivity index (χ0n) is 6.73. The number of rotatable bonds is 2. The third-order valence-electron chi connectivity index (χ3n) is 1.67. The molecule has 0 fully saturated rings. The minimum atomic E-state index is -4.37. The average molecular weight is 190 g/mol. The summed E-state index contributed by atoms with van der Waals surface area (Å²) in [5, 5.41) is 0. The molecule has 0 radical (unpaired) electrons. The summed E-state index contributed by atoms with van der Waals surface area (Å²) in [6, 6.07) is 0.144. The Kier molecular flexibility index (Phi) is 2.47. The van der Waals surface area contributed by atoms with Crippen LogP contribution in [-0.4, -0.2) is 4.98 Å². The van der Waals surface area contributed by atoms with E-state index in [1.165, 1.54) is 12.3 Å². The van der Waals surface area contributed by atoms with Crippen LogP contribution in [0.1, 0.15) is 17.3 Å². The number of alkyl halides is 3. The van der Waals surface area contributed by atoms with Crippen molar-refractivity contribution in [3.8, 4) is 0 Å². The van der Waals surface area contributed by atoms with Crippen LogP contribution in [0, 0.1) is 0 Å². The fraction of sp³-hybridized carbons (Fsp3) is 0.250. The highest BCUT2D eigenvalue weighted by Crippen LogP contribution is 2.33. The number of aromatic nitrogens is 1. The molecule has 0 aromatic carbocycles. The monoisotopic (exact) mass is 190 g/mol. The largest absolute Gasteiger partial charge is 0.418 e. The smallest absolute Gasteiger partial charge is 0.363 e. The molecule has 5 heteroatoms. The van der Waals surface area contributed by atoms with Gasteiger partial charge in [0.15, 0.2) is 0 Å². The Bertz CT molecular complexity index is 301. The molecule has 0 aliphatic heterocycles. The number of H-pyrrole nitrogens is 1. The lowest BCUT2D eigenvalue weighted by Gasteiger charge is -2.10. The highest BCUT2D eigenvalue weighted by molar-refractivity contribution is 5.28. The van der Waals surface area contributed by atoms with E-state index in [4.69, 9.17) is 5.73 Å². The Morgan fingerprint density at radius 3 is 2.62 bits per heavy atom. The molecule has 0 amide bonds. The van der Waals surface area contributed by atoms with Gasteiger partial charge < -0.3 is 10.7 Å². The first-order valence-corrected chi connectivity index (χ1v) is 3.59. The van der Waals surface area contributed by atoms with E-state index in [9.17, 15) is 13.2 Å². The molecule has 72 valence electrons. The van der Waals surface area contributed by atoms with Crippen molar-refractivity contribution in [1.29, 1.82) is 0 Å². The lowest BCUT2D eigenvalue weighted by atomic mass is 10.1. The van der Waals surface area contributed by atoms with E-state index in [0.717, 1.165) is 6.07 Å². The maximum atomic E-state index is 12.3. The van der Waals surface area contributed by atoms with Gasteiger partial charge >= 0.3 is 6.18 Å². The first-order chi connectivity index (χ1) is 5.96. The second-order valence-corrected chi connectivity index (χ2v) is 2.56. The summed E-state index contributed by atoms with van der Waals surface area (Å²) in [5.41, 5.74) is 4.60. The fourth-order valence-corrected chi connectivity index (χ4v) is 1.02. The van der Waals surface area contributed by atoms with Gasteiger partial charge in [-0.1, -0.05) is 6.08 Å². The van der Waals surface area contributed by atoms with E-state index >= 15 is 0 Å². The maximum absolute atomic E-state index is 12.3. The van der Waals surface area contributed by atoms with E-state index in [1.807, 2.05) is 0 Å². The standard InChI is InChI=1S/C8H9F3N2/c1-2-6(12)7-5(3-4-13-7)8(9,10)11/h2-4,6,13H,1,12H2. The number of hydrogen-bond acceptors (Lipinski definition) is 1. The summed E-state index contributed by atoms with van der Waals surface area (Å²) < 4.78 is 36.8. The lowest BCUT2D eigenvalue weighted by molar-refractivity contribution is -0.138. The van der Waals surface area contributed by atoms with E-state index in [1.54, 1.807) is 0 Å². The number of halogens is 3. The Labute approximate surface area is 73.2 Å². The molecule has 1 heterocycles. The number of nitrogens with two attached hydrogens (primary N) is 1. The molecule has 1 atom stereocenters. The molecule has 1 aromatic rings. The normalized spacial score (nSPS) is 14.2. The molecule has 1 aromatic heterocycles. The molecule has 1 rings (SSSR count). The summed E-state index contributed by atoms with van der Waals surface area (Å²) in [6.45, 7) is 3.33. The molecule has 13 heavy (non-hydrogen) atoms. The van der Waals surface area contributed by atoms with E-state index < -0.39 is 17.8 Å². The van der Waals surface area contributed by atoms with Crippen LogP contribution in [0.15, 0.2) is 24.9 Å². The second-order valence-electron chi connectivity index (χ2n) is 2.56. The van der Waals surface area contributed by atoms with Crippen molar-refractivity contribution in [1.82, 2.24) is 4.98 Å². The van der Waals surface area contributed by atoms with Crippen molar-refractivity contribution in [2.45, 2.75) is 12.2 Å². The molecule has 0 saturated heterocycles. The van der Waals surface area contributed by atoms with Gasteiger partial charge in [0.2, 0.25) is 0 Å². The van der Waals surface area contributed by atoms with Crippen LogP contribution in [0.3, 0.4) is 0 Å². The van der Waals surface area contributed by atoms with Gasteiger partial charge in [0.1, 0.15) is 0 Å². The van der Waals surface area contributed by atoms with Crippen LogP contribution < -0.4 is 5.73 Å². The average Bonchev–Trinajstić information content (AvgIpc) is 2.49. The lowest BCUT2D eigenvalue weighted by Crippen LogP contribution is -2.14. The summed E-state index contributed by atoms with van der Waals surface area (Å²) in [5.74, 6) is 0. The minimum absolute atomic E-state index is 0.0532. The van der Waals surface area contributed by atoms with Crippen molar-refractivity contribution >= 4 is 0 Å². The Balaban J connectivity index is 3.10. The molecule has 1 unspecified atom stereocenters. The van der Waals surface area contributed by atoms with E-state index in [0.29, 0.717) is 0 Å². The van der Waals surface area contributed by atoms with Crippen LogP contribution >= 0.6 is 0 Å². The topological polar surface area (TPSA) is 41.8 Å². The minimum Gasteiger partial charge on any atom is -0.363 e. The van der Waals surface area contributed by atoms with Crippen molar-refractivity contribution in [3.05, 3.63) is 36.2 Å². The van der Waals surface area contributed by atoms with E-state index in [-0.39, 0.29) is 5.69 Å². The van der Waals surface area contributed by atoms with E-state index in [2.05, 4.69) is 11.6 Å². The molecular formula is C8H9F3N2. The third-order valence-corrected chi connectivity index (χ3v) is 1.67. The quantitative estimate of drug-likeness (QED) is 0.690. The third kappa shape index (κ3) is 1.92. The van der Waals surface area contributed by atoms with Gasteiger partial charge in [-0.3, -0.25) is 0 Å². The molecule has 3 N–H and O–H groups in total. The second kappa shape index (κ2) is 3.26. The number of hydrogen-bond donors (Lipinski definition) is 2. The van der Waals surface area contributed by atoms with Gasteiger partial charge in [0.25, 0.3) is 0 Å². The molecule has 0 aliphatic carbocycles. The van der Waals surface area contributed by atoms with Crippen LogP contribution in [0.5, 0.6) is 0 Å². The highest BCUT2D eigenvalue weighted by Gasteiger charge is 2.34. The fourth-order valence-electron chi connectivity index (χ4n) is 1.02. The Morgan fingerprint density at radius 1 is 1.54 bits per heavy atom. The SMILES string of the molecule is C=CC(N)c1[nH]ccc1C(F)(F)F. The predicted octanol–water partition coefficient (Wildman–Crippen LogP) is 2.22. The van der Waals surface area contributed by atoms with Crippen LogP contribution in [-0.2, 0) is 6.18 Å². The molecule has 0 spiro atoms. The molecule has 0 bridgehead atoms. The Hall–Kier alpha value is -1.23. The zero-order valence-corrected chi connectivity index (χ0v) is 6.73. The highest BCUT2D eigenvalue weighted by atomic mass is 19.4. The van der Waals surface area contributed by atoms with Gasteiger partial charge in [0, 0.05) is 11.9 Å². The van der Waals surface area contributed by atoms with Gasteiger partial charge in [-0.25, -0.2) is 0 Å². The van der Waals surface area contributed by atoms with Gasteiger partial charge in [-0.05, 0) is 6.07 Å². The molecule has 2 nitrogen and oxygen atoms in total. The maximum Gasteiger partial charge on any atom is 0.418 e. The summed E-state index contributed by atoms with van der Waals surface area (Å²) in [4.78, 5) is 2.45. The first kappa shape index (κ1) is 9.85. The summed E-state index contributed by atoms with van der Waals surface area (Å²) in [6.07, 6.45) is -1.90. The van der Waals surface area contributed by atoms with Crippen molar-refractivity contribution in [3.63, 3.8) is 0 Å². The van der Waals surface area contributed by atoms with Crippen LogP contribution in [0.4, 0.5) is 13.2 Å². The molecule has 0 saturated carbocycles. The predicted molar refractivity (Wildman–Crippen MR) is 42.9 cm³/mol. The van der Waals surface area contributed by atoms with Gasteiger partial charge in [-0.15, -0.1) is 6.58 Å². The van der Waals surface area contributed by atoms with Crippen molar-refractivity contribution < 1.29 is 13.2 Å². The summed E-state index contributed by atoms with van der Waals surface area (Å²) >= 11 is 0. The zero-order chi connectivity index (χ0) is 10.1. The van der Waals surface area contributed by atoms with Crippen molar-refractivity contribution in [2.75, 3.05) is 0 Å². The first-order valence-electron chi connectivity index (χ1n) is 3.59. The Morgan fingerprint density at radius 2 is 2.15 bits per heavy atom. The summed E-state index contributed by atoms with van der Waals surface area (Å²) in [7, 11) is 0. The van der Waals surface area contributed by atoms with Crippen LogP contribution in [0.25, 0.3) is 0 Å². The van der Waals surface area contributed by atoms with Gasteiger partial charge in [-0.2, -0.15) is 13.2 Å². The molecular weight excluding hydrogens is 181 g/mol. The molecule has 0 aliphatic rings. The van der Waals surface area contributed by atoms with Crippen LogP contribution in [0.2, 0.25) is 0 Å². The van der Waals surface area contributed by atoms with Crippen molar-refractivity contribution in [2.24, 2.45) is 5.73 Å².